The SMILES string of the molecule is CCOC(=O)c1c(-c2ccc(Cl)cc2)csc1NC(=O)Cn1cnc2c1c(=O)n(C)c(=O)n2C. The zero-order valence-corrected chi connectivity index (χ0v) is 20.1. The molecule has 0 fully saturated rings. The van der Waals surface area contributed by atoms with Crippen molar-refractivity contribution in [2.45, 2.75) is 13.5 Å². The van der Waals surface area contributed by atoms with Crippen molar-refractivity contribution in [3.8, 4) is 11.1 Å². The van der Waals surface area contributed by atoms with Crippen LogP contribution in [-0.4, -0.2) is 37.2 Å². The number of fused-ring (bicyclic) bond motifs is 1. The lowest BCUT2D eigenvalue weighted by Gasteiger charge is -2.10. The summed E-state index contributed by atoms with van der Waals surface area (Å²) >= 11 is 7.16. The second-order valence-corrected chi connectivity index (χ2v) is 8.70. The molecule has 0 aliphatic rings. The highest BCUT2D eigenvalue weighted by Gasteiger charge is 2.23. The molecule has 176 valence electrons. The molecule has 0 radical (unpaired) electrons. The van der Waals surface area contributed by atoms with Gasteiger partial charge in [-0.05, 0) is 24.6 Å². The molecule has 4 aromatic rings. The molecule has 12 heteroatoms. The average Bonchev–Trinajstić information content (AvgIpc) is 3.41. The van der Waals surface area contributed by atoms with Crippen molar-refractivity contribution < 1.29 is 14.3 Å². The van der Waals surface area contributed by atoms with Crippen molar-refractivity contribution in [1.82, 2.24) is 18.7 Å². The molecule has 3 aromatic heterocycles. The second-order valence-electron chi connectivity index (χ2n) is 7.38. The Morgan fingerprint density at radius 1 is 1.15 bits per heavy atom. The molecule has 0 aliphatic carbocycles. The van der Waals surface area contributed by atoms with E-state index < -0.39 is 23.1 Å². The lowest BCUT2D eigenvalue weighted by Crippen LogP contribution is -2.37. The first-order chi connectivity index (χ1) is 16.2. The number of hydrogen-bond donors (Lipinski definition) is 1. The molecular formula is C22H20ClN5O5S. The first kappa shape index (κ1) is 23.5. The minimum Gasteiger partial charge on any atom is -0.462 e. The first-order valence-electron chi connectivity index (χ1n) is 10.2. The lowest BCUT2D eigenvalue weighted by molar-refractivity contribution is -0.116. The van der Waals surface area contributed by atoms with Gasteiger partial charge in [-0.1, -0.05) is 23.7 Å². The van der Waals surface area contributed by atoms with Crippen LogP contribution in [0.4, 0.5) is 5.00 Å². The van der Waals surface area contributed by atoms with Crippen LogP contribution >= 0.6 is 22.9 Å². The van der Waals surface area contributed by atoms with Crippen LogP contribution in [0.3, 0.4) is 0 Å². The minimum atomic E-state index is -0.569. The van der Waals surface area contributed by atoms with Crippen LogP contribution in [0.5, 0.6) is 0 Å². The van der Waals surface area contributed by atoms with Gasteiger partial charge in [-0.25, -0.2) is 14.6 Å². The molecule has 0 unspecified atom stereocenters. The Morgan fingerprint density at radius 3 is 2.53 bits per heavy atom. The van der Waals surface area contributed by atoms with E-state index >= 15 is 0 Å². The molecule has 0 spiro atoms. The monoisotopic (exact) mass is 501 g/mol. The van der Waals surface area contributed by atoms with Gasteiger partial charge in [-0.15, -0.1) is 11.3 Å². The van der Waals surface area contributed by atoms with Gasteiger partial charge in [0.15, 0.2) is 11.2 Å². The number of ether oxygens (including phenoxy) is 1. The third-order valence-corrected chi connectivity index (χ3v) is 6.36. The Morgan fingerprint density at radius 2 is 1.85 bits per heavy atom. The summed E-state index contributed by atoms with van der Waals surface area (Å²) in [6.45, 7) is 1.62. The summed E-state index contributed by atoms with van der Waals surface area (Å²) in [5, 5.41) is 5.37. The van der Waals surface area contributed by atoms with Gasteiger partial charge in [0.05, 0.1) is 12.9 Å². The molecule has 0 aliphatic heterocycles. The molecule has 0 atom stereocenters. The quantitative estimate of drug-likeness (QED) is 0.406. The number of carbonyl (C=O) groups is 2. The van der Waals surface area contributed by atoms with Crippen LogP contribution < -0.4 is 16.6 Å². The number of benzene rings is 1. The largest absolute Gasteiger partial charge is 0.462 e. The Hall–Kier alpha value is -3.70. The number of carbonyl (C=O) groups excluding carboxylic acids is 2. The first-order valence-corrected chi connectivity index (χ1v) is 11.4. The van der Waals surface area contributed by atoms with E-state index in [1.54, 1.807) is 36.6 Å². The predicted octanol–water partition coefficient (Wildman–Crippen LogP) is 2.63. The van der Waals surface area contributed by atoms with E-state index in [2.05, 4.69) is 10.3 Å². The number of esters is 1. The molecule has 4 rings (SSSR count). The van der Waals surface area contributed by atoms with Gasteiger partial charge < -0.3 is 14.6 Å². The van der Waals surface area contributed by atoms with Gasteiger partial charge >= 0.3 is 11.7 Å². The van der Waals surface area contributed by atoms with Crippen LogP contribution in [0, 0.1) is 0 Å². The maximum absolute atomic E-state index is 12.9. The van der Waals surface area contributed by atoms with Crippen molar-refractivity contribution in [2.75, 3.05) is 11.9 Å². The fourth-order valence-corrected chi connectivity index (χ4v) is 4.63. The van der Waals surface area contributed by atoms with Crippen molar-refractivity contribution in [3.63, 3.8) is 0 Å². The van der Waals surface area contributed by atoms with Crippen molar-refractivity contribution >= 4 is 51.0 Å². The topological polar surface area (TPSA) is 117 Å². The van der Waals surface area contributed by atoms with E-state index in [1.807, 2.05) is 0 Å². The fraction of sp³-hybridized carbons (Fsp3) is 0.227. The number of nitrogens with one attached hydrogen (secondary N) is 1. The highest BCUT2D eigenvalue weighted by molar-refractivity contribution is 7.15. The Balaban J connectivity index is 1.68. The smallest absolute Gasteiger partial charge is 0.341 e. The maximum atomic E-state index is 12.9. The highest BCUT2D eigenvalue weighted by Crippen LogP contribution is 2.36. The summed E-state index contributed by atoms with van der Waals surface area (Å²) in [5.74, 6) is -1.05. The molecular weight excluding hydrogens is 482 g/mol. The van der Waals surface area contributed by atoms with E-state index in [0.717, 1.165) is 10.1 Å². The molecule has 1 N–H and O–H groups in total. The summed E-state index contributed by atoms with van der Waals surface area (Å²) < 4.78 is 8.77. The van der Waals surface area contributed by atoms with E-state index in [4.69, 9.17) is 16.3 Å². The third kappa shape index (κ3) is 4.15. The van der Waals surface area contributed by atoms with Gasteiger partial charge in [0.2, 0.25) is 5.91 Å². The molecule has 10 nitrogen and oxygen atoms in total. The molecule has 0 saturated heterocycles. The normalized spacial score (nSPS) is 11.1. The number of thiophene rings is 1. The molecule has 34 heavy (non-hydrogen) atoms. The molecule has 1 aromatic carbocycles. The number of rotatable bonds is 6. The van der Waals surface area contributed by atoms with Gasteiger partial charge in [0.25, 0.3) is 5.56 Å². The molecule has 1 amide bonds. The number of nitrogens with zero attached hydrogens (tertiary/aromatic N) is 4. The summed E-state index contributed by atoms with van der Waals surface area (Å²) in [7, 11) is 2.86. The number of anilines is 1. The number of halogens is 1. The van der Waals surface area contributed by atoms with Gasteiger partial charge in [0.1, 0.15) is 17.1 Å². The van der Waals surface area contributed by atoms with Gasteiger partial charge in [-0.3, -0.25) is 18.7 Å². The minimum absolute atomic E-state index is 0.124. The van der Waals surface area contributed by atoms with E-state index in [1.165, 1.54) is 40.9 Å². The molecule has 3 heterocycles. The van der Waals surface area contributed by atoms with E-state index in [0.29, 0.717) is 15.6 Å². The van der Waals surface area contributed by atoms with Gasteiger partial charge in [0, 0.05) is 30.1 Å². The predicted molar refractivity (Wildman–Crippen MR) is 130 cm³/mol. The summed E-state index contributed by atoms with van der Waals surface area (Å²) in [6.07, 6.45) is 1.32. The summed E-state index contributed by atoms with van der Waals surface area (Å²) in [4.78, 5) is 54.5. The molecule has 0 saturated carbocycles. The Labute approximate surface area is 202 Å². The number of aryl methyl sites for hydroxylation is 1. The average molecular weight is 502 g/mol. The van der Waals surface area contributed by atoms with Crippen LogP contribution in [0.15, 0.2) is 45.6 Å². The summed E-state index contributed by atoms with van der Waals surface area (Å²) in [6, 6.07) is 6.96. The molecule has 0 bridgehead atoms. The number of amides is 1. The van der Waals surface area contributed by atoms with Crippen LogP contribution in [0.2, 0.25) is 5.02 Å². The zero-order valence-electron chi connectivity index (χ0n) is 18.5. The number of hydrogen-bond acceptors (Lipinski definition) is 7. The van der Waals surface area contributed by atoms with Crippen LogP contribution in [0.1, 0.15) is 17.3 Å². The fourth-order valence-electron chi connectivity index (χ4n) is 3.54. The third-order valence-electron chi connectivity index (χ3n) is 5.21. The lowest BCUT2D eigenvalue weighted by atomic mass is 10.0. The Bertz CT molecular complexity index is 1530. The van der Waals surface area contributed by atoms with E-state index in [-0.39, 0.29) is 29.9 Å². The maximum Gasteiger partial charge on any atom is 0.341 e. The highest BCUT2D eigenvalue weighted by atomic mass is 35.5. The van der Waals surface area contributed by atoms with Gasteiger partial charge in [-0.2, -0.15) is 0 Å². The van der Waals surface area contributed by atoms with Crippen LogP contribution in [0.25, 0.3) is 22.3 Å². The second kappa shape index (κ2) is 9.27. The summed E-state index contributed by atoms with van der Waals surface area (Å²) in [5.41, 5.74) is 0.807. The number of aromatic nitrogens is 4. The Kier molecular flexibility index (Phi) is 6.40. The van der Waals surface area contributed by atoms with E-state index in [9.17, 15) is 19.2 Å². The zero-order chi connectivity index (χ0) is 24.6. The van der Waals surface area contributed by atoms with Crippen molar-refractivity contribution in [3.05, 3.63) is 67.4 Å². The van der Waals surface area contributed by atoms with Crippen molar-refractivity contribution in [2.24, 2.45) is 14.1 Å². The standard InChI is InChI=1S/C22H20ClN5O5S/c1-4-33-21(31)16-14(12-5-7-13(23)8-6-12)10-34-19(16)25-15(29)9-28-11-24-18-17(28)20(30)27(3)22(32)26(18)2/h5-8,10-11H,4,9H2,1-3H3,(H,25,29). The number of imidazole rings is 1. The van der Waals surface area contributed by atoms with Crippen LogP contribution in [-0.2, 0) is 30.2 Å². The van der Waals surface area contributed by atoms with Crippen molar-refractivity contribution in [1.29, 1.82) is 0 Å².